The number of aliphatic carboxylic acids is 3. The molecule has 0 unspecified atom stereocenters. The predicted octanol–water partition coefficient (Wildman–Crippen LogP) is -9.91. The average Bonchev–Trinajstić information content (AvgIpc) is 1.82. The minimum absolute atomic E-state index is 0. The van der Waals surface area contributed by atoms with Crippen molar-refractivity contribution >= 4 is 17.9 Å². The van der Waals surface area contributed by atoms with Gasteiger partial charge in [-0.2, -0.15) is 0 Å². The van der Waals surface area contributed by atoms with Crippen LogP contribution in [0.1, 0.15) is 12.8 Å². The van der Waals surface area contributed by atoms with E-state index in [0.29, 0.717) is 0 Å². The number of carboxylic acid groups (broad SMARTS) is 3. The molecule has 0 aliphatic carbocycles. The van der Waals surface area contributed by atoms with Gasteiger partial charge in [-0.1, -0.05) is 0 Å². The van der Waals surface area contributed by atoms with Gasteiger partial charge in [-0.3, -0.25) is 0 Å². The van der Waals surface area contributed by atoms with Crippen LogP contribution < -0.4 is 130 Å². The van der Waals surface area contributed by atoms with Crippen molar-refractivity contribution in [1.82, 2.24) is 0 Å². The molecule has 0 atom stereocenters. The predicted molar refractivity (Wildman–Crippen MR) is 31.8 cm³/mol. The number of carbonyl (C=O) groups excluding carboxylic acids is 2. The first-order valence-electron chi connectivity index (χ1n) is 3.13. The molecule has 74 valence electrons. The van der Waals surface area contributed by atoms with E-state index in [0.717, 1.165) is 0 Å². The summed E-state index contributed by atoms with van der Waals surface area (Å²) in [5.41, 5.74) is -2.86. The van der Waals surface area contributed by atoms with Crippen LogP contribution in [0.3, 0.4) is 0 Å². The van der Waals surface area contributed by atoms with Crippen LogP contribution in [0.15, 0.2) is 0 Å². The van der Waals surface area contributed by atoms with E-state index in [-0.39, 0.29) is 120 Å². The molecule has 0 aliphatic heterocycles. The van der Waals surface area contributed by atoms with Gasteiger partial charge in [0.2, 0.25) is 0 Å². The minimum atomic E-state index is -2.86. The van der Waals surface area contributed by atoms with E-state index in [2.05, 4.69) is 0 Å². The summed E-state index contributed by atoms with van der Waals surface area (Å²) >= 11 is 0. The Hall–Kier alpha value is 2.06. The van der Waals surface area contributed by atoms with E-state index in [9.17, 15) is 24.6 Å². The molecule has 0 bridgehead atoms. The van der Waals surface area contributed by atoms with E-state index in [1.807, 2.05) is 0 Å². The molecule has 0 radical (unpaired) electrons. The summed E-state index contributed by atoms with van der Waals surface area (Å²) in [6.45, 7) is 0. The minimum Gasteiger partial charge on any atom is -0.550 e. The Kier molecular flexibility index (Phi) is 14.9. The number of aliphatic hydroxyl groups is 1. The summed E-state index contributed by atoms with van der Waals surface area (Å²) in [6, 6.07) is 0. The summed E-state index contributed by atoms with van der Waals surface area (Å²) in [5.74, 6) is -5.65. The quantitative estimate of drug-likeness (QED) is 0.463. The smallest absolute Gasteiger partial charge is 0.550 e. The van der Waals surface area contributed by atoms with Gasteiger partial charge in [0, 0.05) is 24.8 Å². The third kappa shape index (κ3) is 9.73. The van der Waals surface area contributed by atoms with E-state index in [1.54, 1.807) is 0 Å². The second-order valence-electron chi connectivity index (χ2n) is 2.43. The molecule has 0 aromatic carbocycles. The molecule has 15 heavy (non-hydrogen) atoms. The fourth-order valence-corrected chi connectivity index (χ4v) is 0.691. The molecule has 0 saturated carbocycles. The molecule has 0 rings (SSSR count). The topological polar surface area (TPSA) is 138 Å². The van der Waals surface area contributed by atoms with Crippen LogP contribution in [0.2, 0.25) is 0 Å². The van der Waals surface area contributed by atoms with Gasteiger partial charge in [-0.25, -0.2) is 4.79 Å². The Labute approximate surface area is 186 Å². The van der Waals surface area contributed by atoms with Gasteiger partial charge in [-0.05, 0) is 0 Å². The van der Waals surface area contributed by atoms with Crippen molar-refractivity contribution in [3.8, 4) is 0 Å². The first kappa shape index (κ1) is 22.3. The van der Waals surface area contributed by atoms with Crippen molar-refractivity contribution in [1.29, 1.82) is 0 Å². The SMILES string of the molecule is O=C([O-])CC(O)(CC(=O)[O-])C(=O)O.[Cs+].[K+]. The Bertz CT molecular complexity index is 238. The number of carbonyl (C=O) groups is 3. The van der Waals surface area contributed by atoms with Crippen LogP contribution in [0.4, 0.5) is 0 Å². The summed E-state index contributed by atoms with van der Waals surface area (Å²) in [4.78, 5) is 30.2. The van der Waals surface area contributed by atoms with Crippen LogP contribution in [0.25, 0.3) is 0 Å². The maximum Gasteiger partial charge on any atom is 1.00 e. The second-order valence-corrected chi connectivity index (χ2v) is 2.43. The molecule has 0 heterocycles. The molecule has 7 nitrogen and oxygen atoms in total. The maximum atomic E-state index is 10.3. The zero-order chi connectivity index (χ0) is 10.6. The third-order valence-corrected chi connectivity index (χ3v) is 1.27. The Balaban J connectivity index is -0.000000720. The van der Waals surface area contributed by atoms with Gasteiger partial charge >= 0.3 is 126 Å². The maximum absolute atomic E-state index is 10.3. The summed E-state index contributed by atoms with van der Waals surface area (Å²) < 4.78 is 0. The zero-order valence-corrected chi connectivity index (χ0v) is 17.8. The van der Waals surface area contributed by atoms with Crippen molar-refractivity contribution in [2.45, 2.75) is 18.4 Å². The van der Waals surface area contributed by atoms with E-state index in [1.165, 1.54) is 0 Å². The molecular formula is C6H6CsKO7. The molecule has 0 aromatic rings. The van der Waals surface area contributed by atoms with Gasteiger partial charge in [0.05, 0.1) is 0 Å². The molecule has 0 aliphatic rings. The molecule has 0 spiro atoms. The van der Waals surface area contributed by atoms with Crippen molar-refractivity contribution in [3.05, 3.63) is 0 Å². The summed E-state index contributed by atoms with van der Waals surface area (Å²) in [5, 5.41) is 37.2. The van der Waals surface area contributed by atoms with Crippen LogP contribution >= 0.6 is 0 Å². The van der Waals surface area contributed by atoms with Crippen molar-refractivity contribution in [2.75, 3.05) is 0 Å². The average molecular weight is 362 g/mol. The monoisotopic (exact) mass is 362 g/mol. The number of hydrogen-bond acceptors (Lipinski definition) is 6. The van der Waals surface area contributed by atoms with Crippen LogP contribution in [-0.4, -0.2) is 33.7 Å². The van der Waals surface area contributed by atoms with Crippen LogP contribution in [-0.2, 0) is 14.4 Å². The fraction of sp³-hybridized carbons (Fsp3) is 0.500. The fourth-order valence-electron chi connectivity index (χ4n) is 0.691. The number of carboxylic acids is 3. The van der Waals surface area contributed by atoms with Gasteiger partial charge in [0.1, 0.15) is 0 Å². The largest absolute Gasteiger partial charge is 1.00 e. The van der Waals surface area contributed by atoms with Crippen molar-refractivity contribution in [2.24, 2.45) is 0 Å². The first-order valence-corrected chi connectivity index (χ1v) is 3.13. The first-order chi connectivity index (χ1) is 5.78. The van der Waals surface area contributed by atoms with Gasteiger partial charge in [0.25, 0.3) is 0 Å². The molecular weight excluding hydrogens is 356 g/mol. The standard InChI is InChI=1S/C6H8O7.Cs.K/c7-3(8)1-6(13,5(11)12)2-4(9)10;;/h13H,1-2H2,(H,7,8)(H,9,10)(H,11,12);;/q;2*+1/p-2. The molecule has 0 amide bonds. The van der Waals surface area contributed by atoms with E-state index >= 15 is 0 Å². The van der Waals surface area contributed by atoms with E-state index in [4.69, 9.17) is 10.2 Å². The number of rotatable bonds is 5. The molecule has 0 aromatic heterocycles. The Morgan fingerprint density at radius 2 is 1.33 bits per heavy atom. The molecule has 0 fully saturated rings. The zero-order valence-electron chi connectivity index (χ0n) is 8.35. The van der Waals surface area contributed by atoms with Crippen LogP contribution in [0.5, 0.6) is 0 Å². The Morgan fingerprint density at radius 3 is 1.47 bits per heavy atom. The summed E-state index contributed by atoms with van der Waals surface area (Å²) in [6.07, 6.45) is -2.59. The second kappa shape index (κ2) is 10.0. The number of hydrogen-bond donors (Lipinski definition) is 2. The molecule has 9 heteroatoms. The third-order valence-electron chi connectivity index (χ3n) is 1.27. The van der Waals surface area contributed by atoms with Crippen molar-refractivity contribution in [3.63, 3.8) is 0 Å². The van der Waals surface area contributed by atoms with Crippen molar-refractivity contribution < 1.29 is 155 Å². The Morgan fingerprint density at radius 1 is 1.07 bits per heavy atom. The molecule has 2 N–H and O–H groups in total. The van der Waals surface area contributed by atoms with Gasteiger partial charge in [-0.15, -0.1) is 0 Å². The van der Waals surface area contributed by atoms with Gasteiger partial charge in [0.15, 0.2) is 5.60 Å². The van der Waals surface area contributed by atoms with E-state index < -0.39 is 36.4 Å². The van der Waals surface area contributed by atoms with Crippen LogP contribution in [0, 0.1) is 0 Å². The normalized spacial score (nSPS) is 9.40. The molecule has 0 saturated heterocycles. The van der Waals surface area contributed by atoms with Gasteiger partial charge < -0.3 is 30.0 Å². The summed E-state index contributed by atoms with van der Waals surface area (Å²) in [7, 11) is 0.